The van der Waals surface area contributed by atoms with Crippen LogP contribution in [-0.2, 0) is 6.54 Å². The number of benzene rings is 3. The summed E-state index contributed by atoms with van der Waals surface area (Å²) in [6.45, 7) is 0.173. The smallest absolute Gasteiger partial charge is 0.258 e. The van der Waals surface area contributed by atoms with Crippen molar-refractivity contribution in [3.8, 4) is 5.75 Å². The number of hydrogen-bond acceptors (Lipinski definition) is 3. The number of nitrogens with zero attached hydrogens (tertiary/aromatic N) is 1. The van der Waals surface area contributed by atoms with Gasteiger partial charge in [0.2, 0.25) is 0 Å². The van der Waals surface area contributed by atoms with Crippen molar-refractivity contribution in [3.63, 3.8) is 0 Å². The number of hydrogen-bond donors (Lipinski definition) is 2. The fourth-order valence-electron chi connectivity index (χ4n) is 2.73. The lowest BCUT2D eigenvalue weighted by Gasteiger charge is -2.17. The summed E-state index contributed by atoms with van der Waals surface area (Å²) in [6.07, 6.45) is 0. The second-order valence-corrected chi connectivity index (χ2v) is 7.15. The van der Waals surface area contributed by atoms with E-state index < -0.39 is 0 Å². The number of phenolic OH excluding ortho intramolecular Hbond substituents is 1. The molecule has 28 heavy (non-hydrogen) atoms. The lowest BCUT2D eigenvalue weighted by Crippen LogP contribution is -2.27. The normalized spacial score (nSPS) is 10.4. The maximum atomic E-state index is 12.7. The monoisotopic (exact) mass is 438 g/mol. The highest BCUT2D eigenvalue weighted by Gasteiger charge is 2.15. The highest BCUT2D eigenvalue weighted by molar-refractivity contribution is 9.10. The van der Waals surface area contributed by atoms with E-state index in [4.69, 9.17) is 0 Å². The van der Waals surface area contributed by atoms with Crippen molar-refractivity contribution in [2.24, 2.45) is 0 Å². The first kappa shape index (κ1) is 19.6. The molecule has 0 bridgehead atoms. The lowest BCUT2D eigenvalue weighted by atomic mass is 10.1. The van der Waals surface area contributed by atoms with Crippen LogP contribution >= 0.6 is 15.9 Å². The van der Waals surface area contributed by atoms with Crippen LogP contribution < -0.4 is 10.2 Å². The molecule has 0 aliphatic carbocycles. The molecule has 0 saturated heterocycles. The van der Waals surface area contributed by atoms with Gasteiger partial charge in [0, 0.05) is 40.4 Å². The molecule has 142 valence electrons. The van der Waals surface area contributed by atoms with Crippen molar-refractivity contribution in [1.82, 2.24) is 5.32 Å². The minimum absolute atomic E-state index is 0.108. The number of phenols is 1. The number of para-hydroxylation sites is 1. The third-order valence-electron chi connectivity index (χ3n) is 4.30. The van der Waals surface area contributed by atoms with Gasteiger partial charge in [0.05, 0.1) is 0 Å². The minimum Gasteiger partial charge on any atom is -0.508 e. The van der Waals surface area contributed by atoms with Crippen LogP contribution in [-0.4, -0.2) is 24.0 Å². The van der Waals surface area contributed by atoms with Crippen molar-refractivity contribution >= 4 is 33.4 Å². The predicted octanol–water partition coefficient (Wildman–Crippen LogP) is 4.36. The topological polar surface area (TPSA) is 69.6 Å². The van der Waals surface area contributed by atoms with Gasteiger partial charge in [0.15, 0.2) is 0 Å². The summed E-state index contributed by atoms with van der Waals surface area (Å²) in [5.74, 6) is -0.418. The molecule has 0 aliphatic rings. The molecule has 0 fully saturated rings. The first-order valence-corrected chi connectivity index (χ1v) is 9.44. The SMILES string of the molecule is CN(C(=O)c1cccc(C(=O)NCc2cc(Br)ccc2O)c1)c1ccccc1. The summed E-state index contributed by atoms with van der Waals surface area (Å²) in [5, 5.41) is 12.6. The molecule has 0 heterocycles. The van der Waals surface area contributed by atoms with Crippen molar-refractivity contribution in [3.05, 3.63) is 94.0 Å². The molecule has 3 rings (SSSR count). The van der Waals surface area contributed by atoms with E-state index in [1.165, 1.54) is 4.90 Å². The average Bonchev–Trinajstić information content (AvgIpc) is 2.73. The Balaban J connectivity index is 1.72. The molecule has 0 unspecified atom stereocenters. The second-order valence-electron chi connectivity index (χ2n) is 6.24. The van der Waals surface area contributed by atoms with Gasteiger partial charge in [-0.1, -0.05) is 40.2 Å². The van der Waals surface area contributed by atoms with E-state index in [1.807, 2.05) is 30.3 Å². The average molecular weight is 439 g/mol. The fraction of sp³-hybridized carbons (Fsp3) is 0.0909. The van der Waals surface area contributed by atoms with E-state index >= 15 is 0 Å². The number of rotatable bonds is 5. The van der Waals surface area contributed by atoms with Gasteiger partial charge in [-0.2, -0.15) is 0 Å². The van der Waals surface area contributed by atoms with Crippen LogP contribution in [0.25, 0.3) is 0 Å². The van der Waals surface area contributed by atoms with Gasteiger partial charge in [-0.05, 0) is 48.5 Å². The first-order chi connectivity index (χ1) is 13.5. The molecule has 0 aliphatic heterocycles. The summed E-state index contributed by atoms with van der Waals surface area (Å²) >= 11 is 3.34. The standard InChI is InChI=1S/C22H19BrN2O3/c1-25(19-8-3-2-4-9-19)22(28)16-7-5-6-15(12-16)21(27)24-14-17-13-18(23)10-11-20(17)26/h2-13,26H,14H2,1H3,(H,24,27). The van der Waals surface area contributed by atoms with Crippen LogP contribution in [0.3, 0.4) is 0 Å². The number of nitrogens with one attached hydrogen (secondary N) is 1. The Morgan fingerprint density at radius 2 is 1.68 bits per heavy atom. The van der Waals surface area contributed by atoms with E-state index in [2.05, 4.69) is 21.2 Å². The van der Waals surface area contributed by atoms with Crippen molar-refractivity contribution in [1.29, 1.82) is 0 Å². The molecule has 6 heteroatoms. The number of halogens is 1. The van der Waals surface area contributed by atoms with Crippen LogP contribution in [0.1, 0.15) is 26.3 Å². The molecule has 0 spiro atoms. The third kappa shape index (κ3) is 4.58. The largest absolute Gasteiger partial charge is 0.508 e. The van der Waals surface area contributed by atoms with E-state index in [1.54, 1.807) is 49.5 Å². The maximum absolute atomic E-state index is 12.7. The zero-order chi connectivity index (χ0) is 20.1. The lowest BCUT2D eigenvalue weighted by molar-refractivity contribution is 0.0950. The maximum Gasteiger partial charge on any atom is 0.258 e. The summed E-state index contributed by atoms with van der Waals surface area (Å²) in [6, 6.07) is 20.9. The molecule has 0 radical (unpaired) electrons. The molecular formula is C22H19BrN2O3. The molecule has 0 saturated carbocycles. The zero-order valence-electron chi connectivity index (χ0n) is 15.2. The van der Waals surface area contributed by atoms with Gasteiger partial charge in [-0.3, -0.25) is 9.59 Å². The van der Waals surface area contributed by atoms with Crippen molar-refractivity contribution in [2.45, 2.75) is 6.54 Å². The van der Waals surface area contributed by atoms with Crippen LogP contribution in [0.5, 0.6) is 5.75 Å². The summed E-state index contributed by atoms with van der Waals surface area (Å²) in [5.41, 5.74) is 2.16. The number of carbonyl (C=O) groups is 2. The Hall–Kier alpha value is -3.12. The van der Waals surface area contributed by atoms with Gasteiger partial charge < -0.3 is 15.3 Å². The first-order valence-electron chi connectivity index (χ1n) is 8.64. The number of anilines is 1. The number of carbonyl (C=O) groups excluding carboxylic acids is 2. The molecule has 3 aromatic carbocycles. The second kappa shape index (κ2) is 8.71. The quantitative estimate of drug-likeness (QED) is 0.621. The van der Waals surface area contributed by atoms with Gasteiger partial charge in [0.25, 0.3) is 11.8 Å². The van der Waals surface area contributed by atoms with E-state index in [0.29, 0.717) is 16.7 Å². The Morgan fingerprint density at radius 3 is 2.43 bits per heavy atom. The highest BCUT2D eigenvalue weighted by Crippen LogP contribution is 2.22. The van der Waals surface area contributed by atoms with E-state index in [0.717, 1.165) is 10.2 Å². The Morgan fingerprint density at radius 1 is 0.964 bits per heavy atom. The number of aromatic hydroxyl groups is 1. The fourth-order valence-corrected chi connectivity index (χ4v) is 3.14. The third-order valence-corrected chi connectivity index (χ3v) is 4.79. The predicted molar refractivity (Wildman–Crippen MR) is 113 cm³/mol. The zero-order valence-corrected chi connectivity index (χ0v) is 16.8. The van der Waals surface area contributed by atoms with Crippen molar-refractivity contribution < 1.29 is 14.7 Å². The van der Waals surface area contributed by atoms with Gasteiger partial charge in [-0.25, -0.2) is 0 Å². The van der Waals surface area contributed by atoms with Crippen LogP contribution in [0.15, 0.2) is 77.3 Å². The van der Waals surface area contributed by atoms with Gasteiger partial charge in [-0.15, -0.1) is 0 Å². The Kier molecular flexibility index (Phi) is 6.11. The Labute approximate surface area is 171 Å². The molecule has 5 nitrogen and oxygen atoms in total. The van der Waals surface area contributed by atoms with Gasteiger partial charge in [0.1, 0.15) is 5.75 Å². The Bertz CT molecular complexity index is 1010. The van der Waals surface area contributed by atoms with Crippen LogP contribution in [0.4, 0.5) is 5.69 Å². The minimum atomic E-state index is -0.323. The van der Waals surface area contributed by atoms with Gasteiger partial charge >= 0.3 is 0 Å². The van der Waals surface area contributed by atoms with Crippen LogP contribution in [0, 0.1) is 0 Å². The van der Waals surface area contributed by atoms with Crippen molar-refractivity contribution in [2.75, 3.05) is 11.9 Å². The molecule has 0 atom stereocenters. The number of amides is 2. The highest BCUT2D eigenvalue weighted by atomic mass is 79.9. The molecule has 0 aromatic heterocycles. The molecular weight excluding hydrogens is 420 g/mol. The summed E-state index contributed by atoms with van der Waals surface area (Å²) < 4.78 is 0.811. The summed E-state index contributed by atoms with van der Waals surface area (Å²) in [4.78, 5) is 26.8. The van der Waals surface area contributed by atoms with Crippen LogP contribution in [0.2, 0.25) is 0 Å². The molecule has 3 aromatic rings. The summed E-state index contributed by atoms with van der Waals surface area (Å²) in [7, 11) is 1.69. The molecule has 2 amide bonds. The van der Waals surface area contributed by atoms with E-state index in [9.17, 15) is 14.7 Å². The molecule has 2 N–H and O–H groups in total. The van der Waals surface area contributed by atoms with E-state index in [-0.39, 0.29) is 24.1 Å².